The molecule has 1 aromatic rings. The molecule has 0 amide bonds. The highest BCUT2D eigenvalue weighted by atomic mass is 79.9. The molecule has 1 heterocycles. The van der Waals surface area contributed by atoms with Gasteiger partial charge >= 0.3 is 0 Å². The maximum absolute atomic E-state index is 12.4. The van der Waals surface area contributed by atoms with Crippen LogP contribution < -0.4 is 4.72 Å². The van der Waals surface area contributed by atoms with Gasteiger partial charge in [-0.1, -0.05) is 12.2 Å². The van der Waals surface area contributed by atoms with Crippen molar-refractivity contribution >= 4 is 37.3 Å². The molecule has 0 aromatic carbocycles. The molecule has 2 saturated carbocycles. The Hall–Kier alpha value is -0.170. The van der Waals surface area contributed by atoms with Gasteiger partial charge in [-0.3, -0.25) is 0 Å². The summed E-state index contributed by atoms with van der Waals surface area (Å²) < 4.78 is 28.9. The predicted octanol–water partition coefficient (Wildman–Crippen LogP) is 3.53. The molecule has 2 unspecified atom stereocenters. The molecular formula is C13H16BrNO2S2. The van der Waals surface area contributed by atoms with E-state index in [1.54, 1.807) is 12.1 Å². The van der Waals surface area contributed by atoms with Gasteiger partial charge in [0.25, 0.3) is 0 Å². The van der Waals surface area contributed by atoms with E-state index in [1.165, 1.54) is 16.9 Å². The van der Waals surface area contributed by atoms with Crippen LogP contribution in [-0.4, -0.2) is 14.5 Å². The molecule has 0 saturated heterocycles. The van der Waals surface area contributed by atoms with Crippen LogP contribution in [0, 0.1) is 11.8 Å². The second kappa shape index (κ2) is 4.98. The van der Waals surface area contributed by atoms with Crippen LogP contribution in [0.4, 0.5) is 0 Å². The molecule has 2 fully saturated rings. The van der Waals surface area contributed by atoms with E-state index >= 15 is 0 Å². The van der Waals surface area contributed by atoms with Crippen LogP contribution in [-0.2, 0) is 10.0 Å². The van der Waals surface area contributed by atoms with Crippen molar-refractivity contribution in [3.8, 4) is 0 Å². The van der Waals surface area contributed by atoms with E-state index in [2.05, 4.69) is 27.2 Å². The Balaban J connectivity index is 1.80. The monoisotopic (exact) mass is 361 g/mol. The number of hydrogen-bond donors (Lipinski definition) is 1. The molecule has 3 rings (SSSR count). The minimum absolute atomic E-state index is 0.0939. The Morgan fingerprint density at radius 2 is 1.89 bits per heavy atom. The Bertz CT molecular complexity index is 592. The molecule has 0 radical (unpaired) electrons. The van der Waals surface area contributed by atoms with Gasteiger partial charge in [-0.15, -0.1) is 11.3 Å². The SMILES string of the molecule is C=C1CC2CCC(C1)C2NS(=O)(=O)c1ccc(Br)s1. The zero-order valence-corrected chi connectivity index (χ0v) is 13.7. The van der Waals surface area contributed by atoms with Gasteiger partial charge in [0.05, 0.1) is 3.79 Å². The molecule has 2 bridgehead atoms. The highest BCUT2D eigenvalue weighted by Gasteiger charge is 2.42. The van der Waals surface area contributed by atoms with Gasteiger partial charge in [0.2, 0.25) is 10.0 Å². The number of hydrogen-bond acceptors (Lipinski definition) is 3. The minimum atomic E-state index is -3.37. The second-order valence-electron chi connectivity index (χ2n) is 5.46. The van der Waals surface area contributed by atoms with Crippen molar-refractivity contribution in [2.24, 2.45) is 11.8 Å². The fourth-order valence-corrected chi connectivity index (χ4v) is 6.73. The summed E-state index contributed by atoms with van der Waals surface area (Å²) in [6.45, 7) is 4.07. The van der Waals surface area contributed by atoms with Crippen molar-refractivity contribution in [1.82, 2.24) is 4.72 Å². The molecule has 2 aliphatic carbocycles. The summed E-state index contributed by atoms with van der Waals surface area (Å²) in [5.41, 5.74) is 1.28. The highest BCUT2D eigenvalue weighted by Crippen LogP contribution is 2.44. The van der Waals surface area contributed by atoms with Gasteiger partial charge in [0.15, 0.2) is 0 Å². The van der Waals surface area contributed by atoms with Crippen LogP contribution in [0.1, 0.15) is 25.7 Å². The Labute approximate surface area is 126 Å². The molecule has 0 aliphatic heterocycles. The van der Waals surface area contributed by atoms with Crippen molar-refractivity contribution in [3.63, 3.8) is 0 Å². The molecule has 104 valence electrons. The third-order valence-corrected chi connectivity index (χ3v) is 7.71. The van der Waals surface area contributed by atoms with Crippen LogP contribution >= 0.6 is 27.3 Å². The van der Waals surface area contributed by atoms with E-state index < -0.39 is 10.0 Å². The summed E-state index contributed by atoms with van der Waals surface area (Å²) in [5.74, 6) is 0.869. The van der Waals surface area contributed by atoms with Gasteiger partial charge in [-0.05, 0) is 65.6 Å². The summed E-state index contributed by atoms with van der Waals surface area (Å²) in [7, 11) is -3.37. The molecule has 1 aromatic heterocycles. The van der Waals surface area contributed by atoms with Crippen LogP contribution in [0.2, 0.25) is 0 Å². The lowest BCUT2D eigenvalue weighted by Gasteiger charge is -2.31. The van der Waals surface area contributed by atoms with Crippen molar-refractivity contribution in [2.75, 3.05) is 0 Å². The van der Waals surface area contributed by atoms with Crippen LogP contribution in [0.3, 0.4) is 0 Å². The molecule has 6 heteroatoms. The third kappa shape index (κ3) is 2.68. The molecule has 2 atom stereocenters. The normalized spacial score (nSPS) is 30.8. The van der Waals surface area contributed by atoms with E-state index in [4.69, 9.17) is 0 Å². The largest absolute Gasteiger partial charge is 0.250 e. The smallest absolute Gasteiger partial charge is 0.207 e. The molecular weight excluding hydrogens is 346 g/mol. The van der Waals surface area contributed by atoms with Crippen LogP contribution in [0.15, 0.2) is 32.3 Å². The fraction of sp³-hybridized carbons (Fsp3) is 0.538. The first-order valence-electron chi connectivity index (χ1n) is 6.40. The standard InChI is InChI=1S/C13H16BrNO2S2/c1-8-6-9-2-3-10(7-8)13(9)15-19(16,17)12-5-4-11(14)18-12/h4-5,9-10,13,15H,1-3,6-7H2. The van der Waals surface area contributed by atoms with E-state index in [1.807, 2.05) is 0 Å². The van der Waals surface area contributed by atoms with E-state index in [9.17, 15) is 8.42 Å². The van der Waals surface area contributed by atoms with Crippen molar-refractivity contribution < 1.29 is 8.42 Å². The summed E-state index contributed by atoms with van der Waals surface area (Å²) in [5, 5.41) is 0. The van der Waals surface area contributed by atoms with E-state index in [0.717, 1.165) is 29.5 Å². The minimum Gasteiger partial charge on any atom is -0.207 e. The van der Waals surface area contributed by atoms with Crippen molar-refractivity contribution in [2.45, 2.75) is 35.9 Å². The van der Waals surface area contributed by atoms with Crippen LogP contribution in [0.5, 0.6) is 0 Å². The quantitative estimate of drug-likeness (QED) is 0.836. The van der Waals surface area contributed by atoms with Gasteiger partial charge in [-0.25, -0.2) is 13.1 Å². The lowest BCUT2D eigenvalue weighted by molar-refractivity contribution is 0.332. The number of rotatable bonds is 3. The lowest BCUT2D eigenvalue weighted by atomic mass is 9.82. The number of halogens is 1. The molecule has 3 nitrogen and oxygen atoms in total. The van der Waals surface area contributed by atoms with Gasteiger partial charge < -0.3 is 0 Å². The Morgan fingerprint density at radius 1 is 1.26 bits per heavy atom. The van der Waals surface area contributed by atoms with Gasteiger partial charge in [0, 0.05) is 6.04 Å². The number of fused-ring (bicyclic) bond motifs is 2. The maximum Gasteiger partial charge on any atom is 0.250 e. The molecule has 0 spiro atoms. The highest BCUT2D eigenvalue weighted by molar-refractivity contribution is 9.11. The number of nitrogens with one attached hydrogen (secondary N) is 1. The van der Waals surface area contributed by atoms with Crippen molar-refractivity contribution in [3.05, 3.63) is 28.1 Å². The van der Waals surface area contributed by atoms with Crippen LogP contribution in [0.25, 0.3) is 0 Å². The summed E-state index contributed by atoms with van der Waals surface area (Å²) >= 11 is 4.56. The first kappa shape index (κ1) is 13.8. The number of thiophene rings is 1. The fourth-order valence-electron chi connectivity index (χ4n) is 3.33. The first-order valence-corrected chi connectivity index (χ1v) is 9.49. The summed E-state index contributed by atoms with van der Waals surface area (Å²) in [6, 6.07) is 3.52. The number of sulfonamides is 1. The van der Waals surface area contributed by atoms with Gasteiger partial charge in [-0.2, -0.15) is 0 Å². The first-order chi connectivity index (χ1) is 8.95. The molecule has 1 N–H and O–H groups in total. The Morgan fingerprint density at radius 3 is 2.42 bits per heavy atom. The average Bonchev–Trinajstić information content (AvgIpc) is 2.83. The number of allylic oxidation sites excluding steroid dienone is 1. The topological polar surface area (TPSA) is 46.2 Å². The van der Waals surface area contributed by atoms with Gasteiger partial charge in [0.1, 0.15) is 4.21 Å². The zero-order valence-electron chi connectivity index (χ0n) is 10.4. The predicted molar refractivity (Wildman–Crippen MR) is 80.7 cm³/mol. The Kier molecular flexibility index (Phi) is 3.62. The maximum atomic E-state index is 12.4. The van der Waals surface area contributed by atoms with E-state index in [0.29, 0.717) is 16.0 Å². The zero-order chi connectivity index (χ0) is 13.6. The average molecular weight is 362 g/mol. The summed E-state index contributed by atoms with van der Waals surface area (Å²) in [4.78, 5) is 0. The molecule has 19 heavy (non-hydrogen) atoms. The van der Waals surface area contributed by atoms with E-state index in [-0.39, 0.29) is 6.04 Å². The molecule has 2 aliphatic rings. The summed E-state index contributed by atoms with van der Waals surface area (Å²) in [6.07, 6.45) is 4.17. The van der Waals surface area contributed by atoms with Crippen molar-refractivity contribution in [1.29, 1.82) is 0 Å². The third-order valence-electron chi connectivity index (χ3n) is 4.13. The lowest BCUT2D eigenvalue weighted by Crippen LogP contribution is -2.43. The second-order valence-corrected chi connectivity index (χ2v) is 9.87.